The molecule has 0 rings (SSSR count). The lowest BCUT2D eigenvalue weighted by atomic mass is 10.2. The van der Waals surface area contributed by atoms with Crippen LogP contribution in [0.2, 0.25) is 0 Å². The van der Waals surface area contributed by atoms with Gasteiger partial charge in [-0.2, -0.15) is 0 Å². The monoisotopic (exact) mass is 153 g/mol. The fourth-order valence-corrected chi connectivity index (χ4v) is 1.04. The first kappa shape index (κ1) is 10.5. The minimum Gasteiger partial charge on any atom is -0.290 e. The number of hydrogen-bond donors (Lipinski definition) is 0. The third-order valence-corrected chi connectivity index (χ3v) is 1.62. The van der Waals surface area contributed by atoms with Crippen molar-refractivity contribution in [3.8, 4) is 12.3 Å². The Bertz CT molecular complexity index is 130. The molecule has 0 aliphatic rings. The zero-order chi connectivity index (χ0) is 8.85. The first-order valence-corrected chi connectivity index (χ1v) is 4.25. The van der Waals surface area contributed by atoms with Crippen molar-refractivity contribution in [1.82, 2.24) is 4.90 Å². The van der Waals surface area contributed by atoms with Gasteiger partial charge in [-0.15, -0.1) is 6.42 Å². The summed E-state index contributed by atoms with van der Waals surface area (Å²) in [7, 11) is 0. The van der Waals surface area contributed by atoms with Gasteiger partial charge in [-0.3, -0.25) is 4.90 Å². The van der Waals surface area contributed by atoms with Crippen molar-refractivity contribution < 1.29 is 0 Å². The molecule has 0 unspecified atom stereocenters. The molecule has 0 aromatic rings. The van der Waals surface area contributed by atoms with Crippen LogP contribution in [0.1, 0.15) is 27.7 Å². The van der Waals surface area contributed by atoms with Crippen LogP contribution in [0.25, 0.3) is 0 Å². The Balaban J connectivity index is 3.81. The average Bonchev–Trinajstić information content (AvgIpc) is 1.86. The molecule has 64 valence electrons. The fourth-order valence-electron chi connectivity index (χ4n) is 1.04. The Morgan fingerprint density at radius 1 is 1.27 bits per heavy atom. The minimum atomic E-state index is 0.563. The highest BCUT2D eigenvalue weighted by Gasteiger charge is 2.08. The second-order valence-corrected chi connectivity index (χ2v) is 3.62. The number of terminal acetylenes is 1. The zero-order valence-electron chi connectivity index (χ0n) is 8.09. The van der Waals surface area contributed by atoms with Crippen molar-refractivity contribution in [2.45, 2.75) is 33.7 Å². The van der Waals surface area contributed by atoms with E-state index in [1.807, 2.05) is 0 Å². The smallest absolute Gasteiger partial charge is 0.0601 e. The van der Waals surface area contributed by atoms with Crippen LogP contribution < -0.4 is 0 Å². The van der Waals surface area contributed by atoms with E-state index in [0.29, 0.717) is 12.0 Å². The van der Waals surface area contributed by atoms with Gasteiger partial charge in [0.2, 0.25) is 0 Å². The van der Waals surface area contributed by atoms with Crippen molar-refractivity contribution in [2.24, 2.45) is 5.92 Å². The van der Waals surface area contributed by atoms with Gasteiger partial charge in [0.1, 0.15) is 0 Å². The molecule has 0 spiro atoms. The molecule has 0 radical (unpaired) electrons. The largest absolute Gasteiger partial charge is 0.290 e. The van der Waals surface area contributed by atoms with E-state index in [1.165, 1.54) is 0 Å². The summed E-state index contributed by atoms with van der Waals surface area (Å²) in [6, 6.07) is 0.563. The molecule has 0 heterocycles. The van der Waals surface area contributed by atoms with Gasteiger partial charge in [0.25, 0.3) is 0 Å². The summed E-state index contributed by atoms with van der Waals surface area (Å²) in [5.41, 5.74) is 0. The molecule has 0 aliphatic carbocycles. The molecule has 0 amide bonds. The van der Waals surface area contributed by atoms with Gasteiger partial charge in [0.15, 0.2) is 0 Å². The maximum Gasteiger partial charge on any atom is 0.0601 e. The van der Waals surface area contributed by atoms with E-state index in [1.54, 1.807) is 0 Å². The van der Waals surface area contributed by atoms with Gasteiger partial charge >= 0.3 is 0 Å². The summed E-state index contributed by atoms with van der Waals surface area (Å²) >= 11 is 0. The number of hydrogen-bond acceptors (Lipinski definition) is 1. The van der Waals surface area contributed by atoms with E-state index in [4.69, 9.17) is 6.42 Å². The van der Waals surface area contributed by atoms with E-state index < -0.39 is 0 Å². The van der Waals surface area contributed by atoms with Crippen LogP contribution in [0.3, 0.4) is 0 Å². The molecule has 11 heavy (non-hydrogen) atoms. The molecule has 0 saturated heterocycles. The van der Waals surface area contributed by atoms with Gasteiger partial charge < -0.3 is 0 Å². The lowest BCUT2D eigenvalue weighted by Gasteiger charge is -2.25. The van der Waals surface area contributed by atoms with Gasteiger partial charge in [-0.05, 0) is 19.8 Å². The highest BCUT2D eigenvalue weighted by Crippen LogP contribution is 2.02. The summed E-state index contributed by atoms with van der Waals surface area (Å²) in [4.78, 5) is 2.31. The van der Waals surface area contributed by atoms with Crippen molar-refractivity contribution in [3.63, 3.8) is 0 Å². The van der Waals surface area contributed by atoms with E-state index in [9.17, 15) is 0 Å². The lowest BCUT2D eigenvalue weighted by Crippen LogP contribution is -2.34. The summed E-state index contributed by atoms with van der Waals surface area (Å²) in [6.07, 6.45) is 5.25. The van der Waals surface area contributed by atoms with Gasteiger partial charge in [-0.1, -0.05) is 19.8 Å². The van der Waals surface area contributed by atoms with Crippen molar-refractivity contribution >= 4 is 0 Å². The van der Waals surface area contributed by atoms with Crippen LogP contribution in [0.4, 0.5) is 0 Å². The Hall–Kier alpha value is -0.480. The summed E-state index contributed by atoms with van der Waals surface area (Å²) in [5, 5.41) is 0. The highest BCUT2D eigenvalue weighted by molar-refractivity contribution is 4.89. The van der Waals surface area contributed by atoms with Gasteiger partial charge in [-0.25, -0.2) is 0 Å². The van der Waals surface area contributed by atoms with E-state index in [-0.39, 0.29) is 0 Å². The Morgan fingerprint density at radius 2 is 1.82 bits per heavy atom. The molecule has 0 N–H and O–H groups in total. The van der Waals surface area contributed by atoms with Crippen LogP contribution in [0.5, 0.6) is 0 Å². The van der Waals surface area contributed by atoms with Gasteiger partial charge in [0, 0.05) is 12.6 Å². The van der Waals surface area contributed by atoms with Crippen LogP contribution in [0.15, 0.2) is 0 Å². The quantitative estimate of drug-likeness (QED) is 0.558. The molecule has 0 bridgehead atoms. The van der Waals surface area contributed by atoms with Crippen molar-refractivity contribution in [1.29, 1.82) is 0 Å². The Kier molecular flexibility index (Phi) is 4.98. The third kappa shape index (κ3) is 4.86. The normalized spacial score (nSPS) is 11.1. The predicted octanol–water partition coefficient (Wildman–Crippen LogP) is 1.99. The zero-order valence-corrected chi connectivity index (χ0v) is 8.09. The fraction of sp³-hybridized carbons (Fsp3) is 0.800. The molecule has 1 heteroatoms. The standard InChI is InChI=1S/C10H19N/c1-6-7-11(10(4)5)8-9(2)3/h1,9-10H,7-8H2,2-5H3. The Labute approximate surface area is 70.8 Å². The first-order chi connectivity index (χ1) is 5.07. The summed E-state index contributed by atoms with van der Waals surface area (Å²) in [5.74, 6) is 3.38. The highest BCUT2D eigenvalue weighted by atomic mass is 15.1. The van der Waals surface area contributed by atoms with Crippen molar-refractivity contribution in [2.75, 3.05) is 13.1 Å². The molecular formula is C10H19N. The third-order valence-electron chi connectivity index (χ3n) is 1.62. The topological polar surface area (TPSA) is 3.24 Å². The van der Waals surface area contributed by atoms with Crippen LogP contribution in [-0.2, 0) is 0 Å². The van der Waals surface area contributed by atoms with Gasteiger partial charge in [0.05, 0.1) is 6.54 Å². The molecule has 0 aliphatic heterocycles. The Morgan fingerprint density at radius 3 is 2.09 bits per heavy atom. The van der Waals surface area contributed by atoms with E-state index in [0.717, 1.165) is 13.1 Å². The summed E-state index contributed by atoms with van der Waals surface area (Å²) in [6.45, 7) is 10.7. The SMILES string of the molecule is C#CCN(CC(C)C)C(C)C. The minimum absolute atomic E-state index is 0.563. The first-order valence-electron chi connectivity index (χ1n) is 4.25. The molecule has 1 nitrogen and oxygen atoms in total. The van der Waals surface area contributed by atoms with Crippen LogP contribution >= 0.6 is 0 Å². The molecule has 0 aromatic heterocycles. The predicted molar refractivity (Wildman–Crippen MR) is 50.4 cm³/mol. The molecule has 0 aromatic carbocycles. The number of rotatable bonds is 4. The van der Waals surface area contributed by atoms with Crippen molar-refractivity contribution in [3.05, 3.63) is 0 Å². The molecule has 0 atom stereocenters. The molecule has 0 saturated carbocycles. The van der Waals surface area contributed by atoms with Crippen LogP contribution in [0, 0.1) is 18.3 Å². The van der Waals surface area contributed by atoms with E-state index in [2.05, 4.69) is 38.5 Å². The van der Waals surface area contributed by atoms with Crippen LogP contribution in [-0.4, -0.2) is 24.0 Å². The maximum atomic E-state index is 5.25. The summed E-state index contributed by atoms with van der Waals surface area (Å²) < 4.78 is 0. The lowest BCUT2D eigenvalue weighted by molar-refractivity contribution is 0.223. The average molecular weight is 153 g/mol. The second kappa shape index (κ2) is 5.21. The number of nitrogens with zero attached hydrogens (tertiary/aromatic N) is 1. The molecule has 0 fully saturated rings. The van der Waals surface area contributed by atoms with E-state index >= 15 is 0 Å². The molecular weight excluding hydrogens is 134 g/mol. The maximum absolute atomic E-state index is 5.25. The second-order valence-electron chi connectivity index (χ2n) is 3.62.